The van der Waals surface area contributed by atoms with Gasteiger partial charge in [-0.2, -0.15) is 0 Å². The number of anilines is 1. The molecule has 0 aliphatic carbocycles. The van der Waals surface area contributed by atoms with Crippen molar-refractivity contribution in [2.75, 3.05) is 5.32 Å². The van der Waals surface area contributed by atoms with Crippen molar-refractivity contribution in [2.24, 2.45) is 0 Å². The Morgan fingerprint density at radius 1 is 0.919 bits per heavy atom. The van der Waals surface area contributed by atoms with E-state index in [4.69, 9.17) is 16.6 Å². The van der Waals surface area contributed by atoms with E-state index in [9.17, 15) is 14.9 Å². The van der Waals surface area contributed by atoms with Gasteiger partial charge in [0.15, 0.2) is 10.7 Å². The fourth-order valence-corrected chi connectivity index (χ4v) is 4.06. The Balaban J connectivity index is 1.28. The van der Waals surface area contributed by atoms with Gasteiger partial charge in [-0.25, -0.2) is 4.98 Å². The van der Waals surface area contributed by atoms with E-state index in [-0.39, 0.29) is 16.4 Å². The average molecular weight is 509 g/mol. The van der Waals surface area contributed by atoms with Crippen molar-refractivity contribution in [1.82, 2.24) is 10.3 Å². The molecule has 1 aromatic heterocycles. The van der Waals surface area contributed by atoms with Crippen LogP contribution in [0.3, 0.4) is 0 Å². The first-order chi connectivity index (χ1) is 17.9. The smallest absolute Gasteiger partial charge is 0.273 e. The monoisotopic (exact) mass is 508 g/mol. The quantitative estimate of drug-likeness (QED) is 0.158. The van der Waals surface area contributed by atoms with Gasteiger partial charge in [0, 0.05) is 28.4 Å². The minimum atomic E-state index is -0.552. The molecule has 0 fully saturated rings. The number of aromatic nitrogens is 1. The van der Waals surface area contributed by atoms with Crippen molar-refractivity contribution in [2.45, 2.75) is 6.92 Å². The molecule has 0 saturated heterocycles. The lowest BCUT2D eigenvalue weighted by Gasteiger charge is -2.09. The second-order valence-corrected chi connectivity index (χ2v) is 8.72. The minimum absolute atomic E-state index is 0.0489. The molecule has 0 bridgehead atoms. The van der Waals surface area contributed by atoms with E-state index < -0.39 is 10.8 Å². The lowest BCUT2D eigenvalue weighted by atomic mass is 10.0. The molecule has 1 amide bonds. The van der Waals surface area contributed by atoms with Crippen molar-refractivity contribution in [3.05, 3.63) is 112 Å². The van der Waals surface area contributed by atoms with E-state index >= 15 is 0 Å². The summed E-state index contributed by atoms with van der Waals surface area (Å²) in [6.45, 7) is 1.61. The summed E-state index contributed by atoms with van der Waals surface area (Å²) in [5.74, 6) is -0.0621. The maximum atomic E-state index is 12.5. The molecule has 37 heavy (non-hydrogen) atoms. The van der Waals surface area contributed by atoms with Crippen LogP contribution < -0.4 is 10.6 Å². The number of carbonyl (C=O) groups is 1. The Kier molecular flexibility index (Phi) is 6.44. The first-order valence-corrected chi connectivity index (χ1v) is 11.7. The second-order valence-electron chi connectivity index (χ2n) is 8.31. The Hall–Kier alpha value is -4.89. The molecule has 1 heterocycles. The number of rotatable bonds is 5. The first-order valence-electron chi connectivity index (χ1n) is 11.3. The van der Waals surface area contributed by atoms with Crippen molar-refractivity contribution in [1.29, 1.82) is 0 Å². The molecule has 0 unspecified atom stereocenters. The van der Waals surface area contributed by atoms with E-state index in [1.54, 1.807) is 25.1 Å². The Morgan fingerprint density at radius 2 is 1.62 bits per heavy atom. The number of thiocarbonyl (C=S) groups is 1. The summed E-state index contributed by atoms with van der Waals surface area (Å²) < 4.78 is 5.93. The third-order valence-corrected chi connectivity index (χ3v) is 5.98. The molecule has 0 radical (unpaired) electrons. The molecular formula is C28H20N4O4S. The van der Waals surface area contributed by atoms with Gasteiger partial charge in [0.1, 0.15) is 5.52 Å². The number of amides is 1. The van der Waals surface area contributed by atoms with E-state index in [1.165, 1.54) is 18.2 Å². The fraction of sp³-hybridized carbons (Fsp3) is 0.0357. The van der Waals surface area contributed by atoms with Crippen LogP contribution in [0.25, 0.3) is 33.7 Å². The molecule has 9 heteroatoms. The summed E-state index contributed by atoms with van der Waals surface area (Å²) in [4.78, 5) is 27.8. The van der Waals surface area contributed by atoms with E-state index in [0.717, 1.165) is 16.7 Å². The van der Waals surface area contributed by atoms with Crippen molar-refractivity contribution < 1.29 is 14.1 Å². The van der Waals surface area contributed by atoms with Crippen LogP contribution in [0.4, 0.5) is 11.4 Å². The van der Waals surface area contributed by atoms with Crippen molar-refractivity contribution >= 4 is 45.7 Å². The molecule has 0 aliphatic heterocycles. The Morgan fingerprint density at radius 3 is 2.35 bits per heavy atom. The highest BCUT2D eigenvalue weighted by molar-refractivity contribution is 7.80. The molecule has 8 nitrogen and oxygen atoms in total. The van der Waals surface area contributed by atoms with Crippen LogP contribution in [0.15, 0.2) is 95.4 Å². The summed E-state index contributed by atoms with van der Waals surface area (Å²) in [5.41, 5.74) is 5.38. The van der Waals surface area contributed by atoms with Gasteiger partial charge in [0.2, 0.25) is 5.89 Å². The molecule has 182 valence electrons. The zero-order chi connectivity index (χ0) is 25.9. The molecule has 5 aromatic rings. The summed E-state index contributed by atoms with van der Waals surface area (Å²) in [6, 6.07) is 27.6. The fourth-order valence-electron chi connectivity index (χ4n) is 3.85. The molecule has 0 saturated carbocycles. The Labute approximate surface area is 217 Å². The van der Waals surface area contributed by atoms with Crippen LogP contribution >= 0.6 is 12.2 Å². The third kappa shape index (κ3) is 5.21. The van der Waals surface area contributed by atoms with Gasteiger partial charge in [-0.05, 0) is 66.7 Å². The normalized spacial score (nSPS) is 10.7. The van der Waals surface area contributed by atoms with Gasteiger partial charge in [-0.15, -0.1) is 0 Å². The largest absolute Gasteiger partial charge is 0.436 e. The number of hydrogen-bond donors (Lipinski definition) is 2. The number of oxazole rings is 1. The van der Waals surface area contributed by atoms with Gasteiger partial charge in [0.05, 0.1) is 4.92 Å². The van der Waals surface area contributed by atoms with E-state index in [2.05, 4.69) is 27.8 Å². The lowest BCUT2D eigenvalue weighted by Crippen LogP contribution is -2.34. The number of hydrogen-bond acceptors (Lipinski definition) is 6. The van der Waals surface area contributed by atoms with Crippen LogP contribution in [0.2, 0.25) is 0 Å². The van der Waals surface area contributed by atoms with Gasteiger partial charge in [-0.1, -0.05) is 48.5 Å². The van der Waals surface area contributed by atoms with Gasteiger partial charge >= 0.3 is 0 Å². The number of nitrogens with zero attached hydrogens (tertiary/aromatic N) is 2. The van der Waals surface area contributed by atoms with Gasteiger partial charge < -0.3 is 9.73 Å². The SMILES string of the molecule is Cc1ccc(C(=O)NC(=S)Nc2ccc3oc(-c4ccc(-c5ccccc5)cc4)nc3c2)cc1[N+](=O)[O-]. The molecule has 4 aromatic carbocycles. The molecule has 0 spiro atoms. The molecule has 0 aliphatic rings. The molecule has 0 atom stereocenters. The Bertz CT molecular complexity index is 1650. The summed E-state index contributed by atoms with van der Waals surface area (Å²) in [7, 11) is 0. The number of carbonyl (C=O) groups excluding carboxylic acids is 1. The maximum absolute atomic E-state index is 12.5. The minimum Gasteiger partial charge on any atom is -0.436 e. The zero-order valence-electron chi connectivity index (χ0n) is 19.6. The number of nitro groups is 1. The van der Waals surface area contributed by atoms with Crippen LogP contribution in [0.5, 0.6) is 0 Å². The number of aryl methyl sites for hydroxylation is 1. The second kappa shape index (κ2) is 10.00. The highest BCUT2D eigenvalue weighted by Gasteiger charge is 2.16. The summed E-state index contributed by atoms with van der Waals surface area (Å²) >= 11 is 5.26. The van der Waals surface area contributed by atoms with Crippen molar-refractivity contribution in [3.8, 4) is 22.6 Å². The molecular weight excluding hydrogens is 488 g/mol. The number of fused-ring (bicyclic) bond motifs is 1. The van der Waals surface area contributed by atoms with Gasteiger partial charge in [-0.3, -0.25) is 20.2 Å². The lowest BCUT2D eigenvalue weighted by molar-refractivity contribution is -0.385. The number of nitrogens with one attached hydrogen (secondary N) is 2. The predicted octanol–water partition coefficient (Wildman–Crippen LogP) is 6.51. The highest BCUT2D eigenvalue weighted by Crippen LogP contribution is 2.28. The molecule has 5 rings (SSSR count). The van der Waals surface area contributed by atoms with Crippen LogP contribution in [0, 0.1) is 17.0 Å². The van der Waals surface area contributed by atoms with Crippen molar-refractivity contribution in [3.63, 3.8) is 0 Å². The standard InChI is InChI=1S/C28H20N4O4S/c1-17-7-8-21(15-24(17)32(34)35)26(33)31-28(37)29-22-13-14-25-23(16-22)30-27(36-25)20-11-9-19(10-12-20)18-5-3-2-4-6-18/h2-16H,1H3,(H2,29,31,33,37). The predicted molar refractivity (Wildman–Crippen MR) is 146 cm³/mol. The molecule has 2 N–H and O–H groups in total. The van der Waals surface area contributed by atoms with Crippen LogP contribution in [-0.2, 0) is 0 Å². The van der Waals surface area contributed by atoms with E-state index in [0.29, 0.717) is 28.2 Å². The highest BCUT2D eigenvalue weighted by atomic mass is 32.1. The maximum Gasteiger partial charge on any atom is 0.273 e. The topological polar surface area (TPSA) is 110 Å². The summed E-state index contributed by atoms with van der Waals surface area (Å²) in [5, 5.41) is 16.7. The number of benzene rings is 4. The van der Waals surface area contributed by atoms with Crippen LogP contribution in [0.1, 0.15) is 15.9 Å². The number of nitro benzene ring substituents is 1. The zero-order valence-corrected chi connectivity index (χ0v) is 20.4. The first kappa shape index (κ1) is 23.8. The van der Waals surface area contributed by atoms with Gasteiger partial charge in [0.25, 0.3) is 11.6 Å². The summed E-state index contributed by atoms with van der Waals surface area (Å²) in [6.07, 6.45) is 0. The third-order valence-electron chi connectivity index (χ3n) is 5.78. The van der Waals surface area contributed by atoms with E-state index in [1.807, 2.05) is 42.5 Å². The van der Waals surface area contributed by atoms with Crippen LogP contribution in [-0.4, -0.2) is 20.9 Å². The average Bonchev–Trinajstić information content (AvgIpc) is 3.33.